The highest BCUT2D eigenvalue weighted by Crippen LogP contribution is 2.59. The Bertz CT molecular complexity index is 1600. The minimum Gasteiger partial charge on any atom is -0.490 e. The SMILES string of the molecule is C.O=S1(=O)N[C@@H]2CC[C@@]3(S(=O)(=O)c4ccc(C(F)(F)F)cc4)c4c(F)ccc(F)c4OC[C@H]3[C@@H]2C[C@H]1CCN1CCOCC1. The van der Waals surface area contributed by atoms with Gasteiger partial charge in [-0.1, -0.05) is 7.43 Å². The smallest absolute Gasteiger partial charge is 0.416 e. The monoisotopic (exact) mass is 666 g/mol. The zero-order valence-electron chi connectivity index (χ0n) is 22.9. The van der Waals surface area contributed by atoms with Crippen molar-refractivity contribution in [3.63, 3.8) is 0 Å². The number of sulfonamides is 1. The summed E-state index contributed by atoms with van der Waals surface area (Å²) >= 11 is 0. The molecule has 3 heterocycles. The van der Waals surface area contributed by atoms with Crippen LogP contribution in [0.3, 0.4) is 0 Å². The highest BCUT2D eigenvalue weighted by atomic mass is 32.2. The molecule has 3 fully saturated rings. The van der Waals surface area contributed by atoms with Gasteiger partial charge >= 0.3 is 6.18 Å². The van der Waals surface area contributed by atoms with Crippen molar-refractivity contribution in [1.29, 1.82) is 0 Å². The normalized spacial score (nSPS) is 30.2. The number of rotatable bonds is 5. The van der Waals surface area contributed by atoms with Crippen LogP contribution in [0.5, 0.6) is 5.75 Å². The third-order valence-electron chi connectivity index (χ3n) is 9.48. The minimum atomic E-state index is -4.71. The number of nitrogens with zero attached hydrogens (tertiary/aromatic N) is 1. The molecule has 0 spiro atoms. The summed E-state index contributed by atoms with van der Waals surface area (Å²) in [5.41, 5.74) is -1.56. The molecule has 0 aromatic heterocycles. The van der Waals surface area contributed by atoms with E-state index in [4.69, 9.17) is 9.47 Å². The van der Waals surface area contributed by atoms with Crippen molar-refractivity contribution in [2.24, 2.45) is 11.8 Å². The Labute approximate surface area is 253 Å². The van der Waals surface area contributed by atoms with E-state index in [1.165, 1.54) is 0 Å². The summed E-state index contributed by atoms with van der Waals surface area (Å²) in [5.74, 6) is -4.18. The number of hydrogen-bond acceptors (Lipinski definition) is 7. The van der Waals surface area contributed by atoms with Crippen LogP contribution in [0, 0.1) is 23.5 Å². The van der Waals surface area contributed by atoms with E-state index in [1.54, 1.807) is 0 Å². The van der Waals surface area contributed by atoms with Gasteiger partial charge in [0.2, 0.25) is 10.0 Å². The Morgan fingerprint density at radius 3 is 2.34 bits per heavy atom. The molecule has 1 aliphatic carbocycles. The molecule has 8 nitrogen and oxygen atoms in total. The molecule has 1 saturated carbocycles. The molecular weight excluding hydrogens is 631 g/mol. The summed E-state index contributed by atoms with van der Waals surface area (Å²) in [4.78, 5) is 1.62. The topological polar surface area (TPSA) is 102 Å². The molecule has 3 aliphatic heterocycles. The Hall–Kier alpha value is -2.33. The number of morpholine rings is 1. The summed E-state index contributed by atoms with van der Waals surface area (Å²) in [5, 5.41) is -0.875. The van der Waals surface area contributed by atoms with Gasteiger partial charge in [-0.25, -0.2) is 30.3 Å². The van der Waals surface area contributed by atoms with Crippen molar-refractivity contribution in [2.75, 3.05) is 39.5 Å². The highest BCUT2D eigenvalue weighted by molar-refractivity contribution is 7.92. The fourth-order valence-electron chi connectivity index (χ4n) is 7.34. The van der Waals surface area contributed by atoms with Gasteiger partial charge in [0.25, 0.3) is 0 Å². The zero-order valence-corrected chi connectivity index (χ0v) is 24.6. The fraction of sp³-hybridized carbons (Fsp3) is 0.586. The maximum absolute atomic E-state index is 15.7. The zero-order chi connectivity index (χ0) is 30.8. The molecule has 44 heavy (non-hydrogen) atoms. The van der Waals surface area contributed by atoms with Gasteiger partial charge in [-0.2, -0.15) is 13.2 Å². The average molecular weight is 667 g/mol. The molecule has 0 radical (unpaired) electrons. The molecule has 244 valence electrons. The van der Waals surface area contributed by atoms with E-state index < -0.39 is 87.3 Å². The van der Waals surface area contributed by atoms with Crippen LogP contribution < -0.4 is 9.46 Å². The van der Waals surface area contributed by atoms with Crippen molar-refractivity contribution >= 4 is 19.9 Å². The maximum Gasteiger partial charge on any atom is 0.416 e. The Kier molecular flexibility index (Phi) is 8.86. The number of halogens is 5. The lowest BCUT2D eigenvalue weighted by Gasteiger charge is -2.55. The van der Waals surface area contributed by atoms with Crippen LogP contribution in [0.4, 0.5) is 22.0 Å². The second-order valence-electron chi connectivity index (χ2n) is 11.6. The van der Waals surface area contributed by atoms with Crippen molar-refractivity contribution in [3.05, 3.63) is 59.2 Å². The number of hydrogen-bond donors (Lipinski definition) is 1. The maximum atomic E-state index is 15.7. The largest absolute Gasteiger partial charge is 0.490 e. The van der Waals surface area contributed by atoms with Gasteiger partial charge in [-0.15, -0.1) is 0 Å². The first-order valence-corrected chi connectivity index (χ1v) is 17.1. The van der Waals surface area contributed by atoms with E-state index in [0.29, 0.717) is 45.0 Å². The number of benzene rings is 2. The summed E-state index contributed by atoms with van der Waals surface area (Å²) in [6.07, 6.45) is -4.68. The van der Waals surface area contributed by atoms with Crippen molar-refractivity contribution in [2.45, 2.75) is 60.2 Å². The van der Waals surface area contributed by atoms with Gasteiger partial charge in [0.15, 0.2) is 21.4 Å². The molecule has 0 unspecified atom stereocenters. The van der Waals surface area contributed by atoms with Crippen molar-refractivity contribution in [1.82, 2.24) is 9.62 Å². The number of nitrogens with one attached hydrogen (secondary N) is 1. The molecule has 15 heteroatoms. The third-order valence-corrected chi connectivity index (χ3v) is 14.0. The molecule has 2 aromatic carbocycles. The molecule has 4 aliphatic rings. The Morgan fingerprint density at radius 2 is 1.68 bits per heavy atom. The van der Waals surface area contributed by atoms with Crippen LogP contribution in [-0.2, 0) is 35.5 Å². The number of alkyl halides is 3. The molecular formula is C29H35F5N2O6S2. The molecule has 2 aromatic rings. The average Bonchev–Trinajstić information content (AvgIpc) is 2.97. The van der Waals surface area contributed by atoms with E-state index in [2.05, 4.69) is 9.62 Å². The van der Waals surface area contributed by atoms with Crippen LogP contribution in [0.1, 0.15) is 44.2 Å². The molecule has 0 bridgehead atoms. The van der Waals surface area contributed by atoms with Crippen LogP contribution in [-0.4, -0.2) is 72.5 Å². The summed E-state index contributed by atoms with van der Waals surface area (Å²) in [6, 6.07) is 3.91. The lowest BCUT2D eigenvalue weighted by molar-refractivity contribution is -0.137. The molecule has 6 rings (SSSR count). The Morgan fingerprint density at radius 1 is 1.02 bits per heavy atom. The number of fused-ring (bicyclic) bond motifs is 5. The first-order valence-electron chi connectivity index (χ1n) is 14.1. The van der Waals surface area contributed by atoms with Crippen LogP contribution in [0.15, 0.2) is 41.3 Å². The molecule has 0 amide bonds. The van der Waals surface area contributed by atoms with Crippen molar-refractivity contribution < 1.29 is 48.3 Å². The quantitative estimate of drug-likeness (QED) is 0.470. The van der Waals surface area contributed by atoms with Crippen molar-refractivity contribution in [3.8, 4) is 5.75 Å². The molecule has 1 N–H and O–H groups in total. The van der Waals surface area contributed by atoms with Gasteiger partial charge in [-0.3, -0.25) is 4.90 Å². The van der Waals surface area contributed by atoms with E-state index in [-0.39, 0.29) is 39.7 Å². The molecule has 5 atom stereocenters. The van der Waals surface area contributed by atoms with Gasteiger partial charge < -0.3 is 9.47 Å². The molecule has 2 saturated heterocycles. The van der Waals surface area contributed by atoms with E-state index >= 15 is 8.78 Å². The number of sulfone groups is 1. The van der Waals surface area contributed by atoms with Gasteiger partial charge in [-0.05, 0) is 74.5 Å². The third kappa shape index (κ3) is 5.41. The van der Waals surface area contributed by atoms with E-state index in [9.17, 15) is 30.0 Å². The second-order valence-corrected chi connectivity index (χ2v) is 15.8. The lowest BCUT2D eigenvalue weighted by Crippen LogP contribution is -2.64. The van der Waals surface area contributed by atoms with Crippen LogP contribution >= 0.6 is 0 Å². The van der Waals surface area contributed by atoms with E-state index in [0.717, 1.165) is 24.3 Å². The standard InChI is InChI=1S/C28H31F5N2O6S2.CH4/c29-22-5-6-23(30)26-25(22)27(42(36,37)18-3-1-17(2-4-18)28(31,32)33)9-7-24-20(21(27)16-41-26)15-19(43(38,39)34-24)8-10-35-11-13-40-14-12-35;/h1-6,19-21,24,34H,7-16H2;1H4/t19-,20+,21+,24-,27+;/m1./s1. The predicted molar refractivity (Wildman–Crippen MR) is 151 cm³/mol. The first kappa shape index (κ1) is 33.0. The van der Waals surface area contributed by atoms with Gasteiger partial charge in [0.1, 0.15) is 10.6 Å². The highest BCUT2D eigenvalue weighted by Gasteiger charge is 2.64. The summed E-state index contributed by atoms with van der Waals surface area (Å²) in [7, 11) is -8.45. The Balaban J connectivity index is 0.00000384. The number of ether oxygens (including phenoxy) is 2. The summed E-state index contributed by atoms with van der Waals surface area (Å²) < 4.78 is 138. The first-order chi connectivity index (χ1) is 20.3. The minimum absolute atomic E-state index is 0. The predicted octanol–water partition coefficient (Wildman–Crippen LogP) is 4.49. The second kappa shape index (κ2) is 11.8. The fourth-order valence-corrected chi connectivity index (χ4v) is 11.5. The van der Waals surface area contributed by atoms with Crippen LogP contribution in [0.25, 0.3) is 0 Å². The van der Waals surface area contributed by atoms with Gasteiger partial charge in [0, 0.05) is 25.0 Å². The van der Waals surface area contributed by atoms with Crippen LogP contribution in [0.2, 0.25) is 0 Å². The van der Waals surface area contributed by atoms with Gasteiger partial charge in [0.05, 0.1) is 41.1 Å². The van der Waals surface area contributed by atoms with E-state index in [1.807, 2.05) is 0 Å². The summed E-state index contributed by atoms with van der Waals surface area (Å²) in [6.45, 7) is 2.51. The lowest BCUT2D eigenvalue weighted by atomic mass is 9.64.